The lowest BCUT2D eigenvalue weighted by Gasteiger charge is -2.27. The number of nitrogens with zero attached hydrogens (tertiary/aromatic N) is 3. The molecule has 1 amide bonds. The van der Waals surface area contributed by atoms with E-state index >= 15 is 0 Å². The molecule has 1 unspecified atom stereocenters. The van der Waals surface area contributed by atoms with Crippen LogP contribution in [0.15, 0.2) is 35.9 Å². The Morgan fingerprint density at radius 1 is 1.42 bits per heavy atom. The van der Waals surface area contributed by atoms with E-state index in [1.165, 1.54) is 0 Å². The molecule has 0 bridgehead atoms. The van der Waals surface area contributed by atoms with E-state index in [2.05, 4.69) is 4.98 Å². The first-order valence-corrected chi connectivity index (χ1v) is 8.17. The van der Waals surface area contributed by atoms with Gasteiger partial charge in [0, 0.05) is 24.9 Å². The van der Waals surface area contributed by atoms with Gasteiger partial charge in [0.05, 0.1) is 11.6 Å². The zero-order valence-corrected chi connectivity index (χ0v) is 14.7. The molecule has 0 saturated carbocycles. The number of carbonyl (C=O) groups excluding carboxylic acids is 2. The van der Waals surface area contributed by atoms with Crippen LogP contribution in [0, 0.1) is 5.92 Å². The van der Waals surface area contributed by atoms with Crippen molar-refractivity contribution in [2.45, 2.75) is 26.3 Å². The van der Waals surface area contributed by atoms with Gasteiger partial charge in [-0.3, -0.25) is 14.6 Å². The van der Waals surface area contributed by atoms with Crippen molar-refractivity contribution >= 4 is 11.7 Å². The summed E-state index contributed by atoms with van der Waals surface area (Å²) >= 11 is 0. The third-order valence-electron chi connectivity index (χ3n) is 4.10. The fourth-order valence-electron chi connectivity index (χ4n) is 2.89. The lowest BCUT2D eigenvalue weighted by molar-refractivity contribution is -0.129. The Hall–Kier alpha value is -2.21. The summed E-state index contributed by atoms with van der Waals surface area (Å²) < 4.78 is 0. The Kier molecular flexibility index (Phi) is 5.72. The molecule has 0 aromatic carbocycles. The largest absolute Gasteiger partial charge is 0.503 e. The van der Waals surface area contributed by atoms with Crippen LogP contribution in [0.1, 0.15) is 31.9 Å². The predicted octanol–water partition coefficient (Wildman–Crippen LogP) is 1.95. The Balaban J connectivity index is 2.38. The molecule has 0 spiro atoms. The van der Waals surface area contributed by atoms with Gasteiger partial charge in [-0.05, 0) is 38.7 Å². The molecule has 1 aromatic heterocycles. The number of pyridine rings is 1. The number of amides is 1. The minimum absolute atomic E-state index is 0.188. The number of hydrogen-bond acceptors (Lipinski definition) is 5. The maximum absolute atomic E-state index is 12.6. The van der Waals surface area contributed by atoms with Gasteiger partial charge in [0.1, 0.15) is 0 Å². The Morgan fingerprint density at radius 3 is 2.67 bits per heavy atom. The zero-order chi connectivity index (χ0) is 17.9. The smallest absolute Gasteiger partial charge is 0.290 e. The first-order chi connectivity index (χ1) is 11.3. The fraction of sp³-hybridized carbons (Fsp3) is 0.500. The van der Waals surface area contributed by atoms with E-state index < -0.39 is 17.7 Å². The summed E-state index contributed by atoms with van der Waals surface area (Å²) in [5.74, 6) is -1.40. The summed E-state index contributed by atoms with van der Waals surface area (Å²) in [6.45, 7) is 4.82. The van der Waals surface area contributed by atoms with Crippen LogP contribution in [0.5, 0.6) is 0 Å². The van der Waals surface area contributed by atoms with Crippen molar-refractivity contribution in [2.24, 2.45) is 5.92 Å². The Morgan fingerprint density at radius 2 is 2.12 bits per heavy atom. The van der Waals surface area contributed by atoms with Crippen molar-refractivity contribution in [3.05, 3.63) is 41.4 Å². The molecular formula is C18H25N3O3. The molecule has 0 fully saturated rings. The van der Waals surface area contributed by atoms with E-state index in [0.717, 1.165) is 18.5 Å². The van der Waals surface area contributed by atoms with Crippen molar-refractivity contribution in [1.82, 2.24) is 14.8 Å². The summed E-state index contributed by atoms with van der Waals surface area (Å²) in [6, 6.07) is 3.03. The molecule has 2 heterocycles. The number of carbonyl (C=O) groups is 2. The number of aromatic nitrogens is 1. The molecule has 1 atom stereocenters. The van der Waals surface area contributed by atoms with Crippen molar-refractivity contribution < 1.29 is 14.7 Å². The minimum Gasteiger partial charge on any atom is -0.503 e. The lowest BCUT2D eigenvalue weighted by Crippen LogP contribution is -2.33. The summed E-state index contributed by atoms with van der Waals surface area (Å²) in [4.78, 5) is 32.8. The maximum atomic E-state index is 12.6. The molecule has 130 valence electrons. The molecule has 6 nitrogen and oxygen atoms in total. The number of aliphatic hydroxyl groups is 1. The predicted molar refractivity (Wildman–Crippen MR) is 91.4 cm³/mol. The van der Waals surface area contributed by atoms with Gasteiger partial charge >= 0.3 is 0 Å². The first kappa shape index (κ1) is 18.1. The third kappa shape index (κ3) is 3.64. The van der Waals surface area contributed by atoms with E-state index in [-0.39, 0.29) is 17.3 Å². The molecule has 1 aliphatic rings. The average Bonchev–Trinajstić information content (AvgIpc) is 2.79. The molecule has 0 aliphatic carbocycles. The van der Waals surface area contributed by atoms with Crippen LogP contribution >= 0.6 is 0 Å². The number of ketones is 1. The normalized spacial score (nSPS) is 18.2. The number of aliphatic hydroxyl groups excluding tert-OH is 1. The standard InChI is InChI=1S/C18H25N3O3/c1-12(2)16(22)14-15(13-7-5-8-19-11-13)21(18(24)17(14)23)10-6-9-20(3)4/h5,7-8,11-12,15,23H,6,9-10H2,1-4H3. The molecule has 1 N–H and O–H groups in total. The first-order valence-electron chi connectivity index (χ1n) is 8.17. The van der Waals surface area contributed by atoms with Crippen LogP contribution in [0.2, 0.25) is 0 Å². The van der Waals surface area contributed by atoms with Crippen molar-refractivity contribution in [2.75, 3.05) is 27.2 Å². The highest BCUT2D eigenvalue weighted by Gasteiger charge is 2.43. The van der Waals surface area contributed by atoms with Gasteiger partial charge < -0.3 is 14.9 Å². The second-order valence-electron chi connectivity index (χ2n) is 6.63. The van der Waals surface area contributed by atoms with E-state index in [1.807, 2.05) is 25.1 Å². The van der Waals surface area contributed by atoms with E-state index in [4.69, 9.17) is 0 Å². The Bertz CT molecular complexity index is 638. The molecule has 0 saturated heterocycles. The summed E-state index contributed by atoms with van der Waals surface area (Å²) in [7, 11) is 3.93. The molecule has 1 aliphatic heterocycles. The van der Waals surface area contributed by atoms with E-state index in [9.17, 15) is 14.7 Å². The highest BCUT2D eigenvalue weighted by atomic mass is 16.3. The van der Waals surface area contributed by atoms with E-state index in [1.54, 1.807) is 37.2 Å². The molecule has 1 aromatic rings. The average molecular weight is 331 g/mol. The molecule has 0 radical (unpaired) electrons. The van der Waals surface area contributed by atoms with Gasteiger partial charge in [0.2, 0.25) is 0 Å². The molecule has 2 rings (SSSR count). The summed E-state index contributed by atoms with van der Waals surface area (Å²) in [6.07, 6.45) is 4.04. The highest BCUT2D eigenvalue weighted by Crippen LogP contribution is 2.38. The monoisotopic (exact) mass is 331 g/mol. The Labute approximate surface area is 142 Å². The molecule has 6 heteroatoms. The summed E-state index contributed by atoms with van der Waals surface area (Å²) in [5, 5.41) is 10.3. The van der Waals surface area contributed by atoms with Crippen LogP contribution in [-0.4, -0.2) is 58.8 Å². The van der Waals surface area contributed by atoms with Crippen LogP contribution in [0.3, 0.4) is 0 Å². The number of hydrogen-bond donors (Lipinski definition) is 1. The lowest BCUT2D eigenvalue weighted by atomic mass is 9.92. The quantitative estimate of drug-likeness (QED) is 0.827. The van der Waals surface area contributed by atoms with Gasteiger partial charge in [0.25, 0.3) is 5.91 Å². The van der Waals surface area contributed by atoms with Crippen LogP contribution in [0.25, 0.3) is 0 Å². The van der Waals surface area contributed by atoms with Crippen molar-refractivity contribution in [1.29, 1.82) is 0 Å². The number of Topliss-reactive ketones (excluding diaryl/α,β-unsaturated/α-hetero) is 1. The number of rotatable bonds is 7. The second-order valence-corrected chi connectivity index (χ2v) is 6.63. The van der Waals surface area contributed by atoms with Gasteiger partial charge in [-0.15, -0.1) is 0 Å². The molecule has 24 heavy (non-hydrogen) atoms. The van der Waals surface area contributed by atoms with Crippen LogP contribution < -0.4 is 0 Å². The van der Waals surface area contributed by atoms with Crippen molar-refractivity contribution in [3.8, 4) is 0 Å². The fourth-order valence-corrected chi connectivity index (χ4v) is 2.89. The third-order valence-corrected chi connectivity index (χ3v) is 4.10. The van der Waals surface area contributed by atoms with Gasteiger partial charge in [0.15, 0.2) is 11.5 Å². The minimum atomic E-state index is -0.566. The van der Waals surface area contributed by atoms with Gasteiger partial charge in [-0.25, -0.2) is 0 Å². The van der Waals surface area contributed by atoms with E-state index in [0.29, 0.717) is 6.54 Å². The van der Waals surface area contributed by atoms with Gasteiger partial charge in [-0.2, -0.15) is 0 Å². The van der Waals surface area contributed by atoms with Crippen LogP contribution in [0.4, 0.5) is 0 Å². The summed E-state index contributed by atoms with van der Waals surface area (Å²) in [5.41, 5.74) is 0.927. The van der Waals surface area contributed by atoms with Crippen LogP contribution in [-0.2, 0) is 9.59 Å². The maximum Gasteiger partial charge on any atom is 0.290 e. The van der Waals surface area contributed by atoms with Crippen molar-refractivity contribution in [3.63, 3.8) is 0 Å². The zero-order valence-electron chi connectivity index (χ0n) is 14.7. The van der Waals surface area contributed by atoms with Gasteiger partial charge in [-0.1, -0.05) is 19.9 Å². The topological polar surface area (TPSA) is 73.7 Å². The SMILES string of the molecule is CC(C)C(=O)C1=C(O)C(=O)N(CCCN(C)C)C1c1cccnc1. The second kappa shape index (κ2) is 7.57. The molecular weight excluding hydrogens is 306 g/mol. The highest BCUT2D eigenvalue weighted by molar-refractivity contribution is 6.09.